The highest BCUT2D eigenvalue weighted by molar-refractivity contribution is 8.01. The molecule has 0 unspecified atom stereocenters. The Balaban J connectivity index is 1.70. The standard InChI is InChI=1S/C12H12N2OS2/c15-11-6-3-7-14(11)8-16-12-13-9-4-1-2-5-10(9)17-12/h1-2,4-5H,3,6-8H2. The zero-order valence-electron chi connectivity index (χ0n) is 9.26. The molecular weight excluding hydrogens is 252 g/mol. The zero-order chi connectivity index (χ0) is 11.7. The van der Waals surface area contributed by atoms with Gasteiger partial charge in [-0.2, -0.15) is 0 Å². The Morgan fingerprint density at radius 2 is 2.29 bits per heavy atom. The molecule has 0 saturated carbocycles. The lowest BCUT2D eigenvalue weighted by Gasteiger charge is -2.12. The van der Waals surface area contributed by atoms with Gasteiger partial charge in [0.25, 0.3) is 0 Å². The number of fused-ring (bicyclic) bond motifs is 1. The van der Waals surface area contributed by atoms with E-state index in [1.807, 2.05) is 23.1 Å². The number of amides is 1. The molecule has 0 spiro atoms. The average molecular weight is 264 g/mol. The monoisotopic (exact) mass is 264 g/mol. The van der Waals surface area contributed by atoms with E-state index >= 15 is 0 Å². The van der Waals surface area contributed by atoms with Crippen LogP contribution >= 0.6 is 23.1 Å². The lowest BCUT2D eigenvalue weighted by molar-refractivity contribution is -0.126. The molecule has 2 heterocycles. The fraction of sp³-hybridized carbons (Fsp3) is 0.333. The lowest BCUT2D eigenvalue weighted by atomic mass is 10.3. The van der Waals surface area contributed by atoms with E-state index in [4.69, 9.17) is 0 Å². The number of thioether (sulfide) groups is 1. The Morgan fingerprint density at radius 1 is 1.41 bits per heavy atom. The van der Waals surface area contributed by atoms with Crippen LogP contribution in [0.2, 0.25) is 0 Å². The number of nitrogens with zero attached hydrogens (tertiary/aromatic N) is 2. The summed E-state index contributed by atoms with van der Waals surface area (Å²) >= 11 is 3.36. The second-order valence-electron chi connectivity index (χ2n) is 3.98. The second-order valence-corrected chi connectivity index (χ2v) is 6.20. The molecular formula is C12H12N2OS2. The highest BCUT2D eigenvalue weighted by atomic mass is 32.2. The van der Waals surface area contributed by atoms with E-state index < -0.39 is 0 Å². The number of likely N-dealkylation sites (tertiary alicyclic amines) is 1. The predicted octanol–water partition coefficient (Wildman–Crippen LogP) is 2.97. The van der Waals surface area contributed by atoms with Gasteiger partial charge in [-0.15, -0.1) is 11.3 Å². The number of aromatic nitrogens is 1. The Kier molecular flexibility index (Phi) is 3.03. The van der Waals surface area contributed by atoms with Crippen LogP contribution in [-0.4, -0.2) is 28.2 Å². The molecule has 17 heavy (non-hydrogen) atoms. The van der Waals surface area contributed by atoms with E-state index in [0.717, 1.165) is 28.7 Å². The van der Waals surface area contributed by atoms with Gasteiger partial charge in [0.15, 0.2) is 4.34 Å². The highest BCUT2D eigenvalue weighted by Crippen LogP contribution is 2.30. The molecule has 0 radical (unpaired) electrons. The first-order valence-electron chi connectivity index (χ1n) is 5.59. The van der Waals surface area contributed by atoms with Crippen LogP contribution in [0.1, 0.15) is 12.8 Å². The van der Waals surface area contributed by atoms with Gasteiger partial charge in [0.2, 0.25) is 5.91 Å². The number of hydrogen-bond acceptors (Lipinski definition) is 4. The minimum atomic E-state index is 0.276. The second kappa shape index (κ2) is 4.66. The van der Waals surface area contributed by atoms with Crippen LogP contribution in [-0.2, 0) is 4.79 Å². The summed E-state index contributed by atoms with van der Waals surface area (Å²) in [6.07, 6.45) is 1.71. The molecule has 1 amide bonds. The fourth-order valence-corrected chi connectivity index (χ4v) is 3.95. The summed E-state index contributed by atoms with van der Waals surface area (Å²) in [6.45, 7) is 0.900. The number of benzene rings is 1. The van der Waals surface area contributed by atoms with Crippen molar-refractivity contribution in [3.05, 3.63) is 24.3 Å². The van der Waals surface area contributed by atoms with Crippen LogP contribution in [0.5, 0.6) is 0 Å². The Hall–Kier alpha value is -1.07. The minimum Gasteiger partial charge on any atom is -0.333 e. The van der Waals surface area contributed by atoms with Crippen molar-refractivity contribution in [1.82, 2.24) is 9.88 Å². The number of hydrogen-bond donors (Lipinski definition) is 0. The van der Waals surface area contributed by atoms with Crippen LogP contribution < -0.4 is 0 Å². The van der Waals surface area contributed by atoms with E-state index in [1.165, 1.54) is 4.70 Å². The molecule has 0 bridgehead atoms. The summed E-state index contributed by atoms with van der Waals surface area (Å²) in [4.78, 5) is 17.9. The third-order valence-corrected chi connectivity index (χ3v) is 5.00. The van der Waals surface area contributed by atoms with Crippen molar-refractivity contribution in [3.8, 4) is 0 Å². The normalized spacial score (nSPS) is 16.0. The van der Waals surface area contributed by atoms with E-state index in [1.54, 1.807) is 23.1 Å². The zero-order valence-corrected chi connectivity index (χ0v) is 10.9. The summed E-state index contributed by atoms with van der Waals surface area (Å²) in [6, 6.07) is 8.13. The van der Waals surface area contributed by atoms with Gasteiger partial charge in [-0.25, -0.2) is 4.98 Å². The summed E-state index contributed by atoms with van der Waals surface area (Å²) in [5, 5.41) is 0. The van der Waals surface area contributed by atoms with Crippen molar-refractivity contribution in [3.63, 3.8) is 0 Å². The van der Waals surface area contributed by atoms with Crippen molar-refractivity contribution in [2.75, 3.05) is 12.4 Å². The Bertz CT molecular complexity index is 519. The molecule has 0 atom stereocenters. The summed E-state index contributed by atoms with van der Waals surface area (Å²) in [5.74, 6) is 1.01. The number of rotatable bonds is 3. The topological polar surface area (TPSA) is 33.2 Å². The molecule has 0 N–H and O–H groups in total. The molecule has 1 fully saturated rings. The van der Waals surface area contributed by atoms with Crippen molar-refractivity contribution < 1.29 is 4.79 Å². The maximum absolute atomic E-state index is 11.5. The summed E-state index contributed by atoms with van der Waals surface area (Å²) < 4.78 is 2.26. The van der Waals surface area contributed by atoms with Gasteiger partial charge < -0.3 is 4.90 Å². The number of thiazole rings is 1. The Labute approximate surface area is 108 Å². The lowest BCUT2D eigenvalue weighted by Crippen LogP contribution is -2.23. The molecule has 1 aromatic carbocycles. The van der Waals surface area contributed by atoms with Crippen molar-refractivity contribution >= 4 is 39.2 Å². The van der Waals surface area contributed by atoms with Gasteiger partial charge in [0, 0.05) is 13.0 Å². The van der Waals surface area contributed by atoms with Crippen LogP contribution in [0.4, 0.5) is 0 Å². The van der Waals surface area contributed by atoms with Gasteiger partial charge in [0.1, 0.15) is 0 Å². The third-order valence-electron chi connectivity index (χ3n) is 2.79. The molecule has 1 aliphatic rings. The first-order chi connectivity index (χ1) is 8.33. The molecule has 1 aliphatic heterocycles. The molecule has 2 aromatic rings. The van der Waals surface area contributed by atoms with Gasteiger partial charge in [-0.1, -0.05) is 23.9 Å². The molecule has 1 aromatic heterocycles. The van der Waals surface area contributed by atoms with Crippen molar-refractivity contribution in [1.29, 1.82) is 0 Å². The maximum atomic E-state index is 11.5. The van der Waals surface area contributed by atoms with Gasteiger partial charge in [-0.05, 0) is 18.6 Å². The molecule has 3 rings (SSSR count). The van der Waals surface area contributed by atoms with Crippen LogP contribution in [0.3, 0.4) is 0 Å². The molecule has 3 nitrogen and oxygen atoms in total. The number of para-hydroxylation sites is 1. The van der Waals surface area contributed by atoms with Gasteiger partial charge >= 0.3 is 0 Å². The van der Waals surface area contributed by atoms with E-state index in [9.17, 15) is 4.79 Å². The third kappa shape index (κ3) is 2.30. The number of carbonyl (C=O) groups excluding carboxylic acids is 1. The summed E-state index contributed by atoms with van der Waals surface area (Å²) in [5.41, 5.74) is 1.05. The largest absolute Gasteiger partial charge is 0.333 e. The van der Waals surface area contributed by atoms with Crippen LogP contribution in [0.15, 0.2) is 28.6 Å². The van der Waals surface area contributed by atoms with Crippen LogP contribution in [0.25, 0.3) is 10.2 Å². The van der Waals surface area contributed by atoms with Crippen LogP contribution in [0, 0.1) is 0 Å². The van der Waals surface area contributed by atoms with Crippen molar-refractivity contribution in [2.45, 2.75) is 17.2 Å². The highest BCUT2D eigenvalue weighted by Gasteiger charge is 2.20. The maximum Gasteiger partial charge on any atom is 0.223 e. The summed E-state index contributed by atoms with van der Waals surface area (Å²) in [7, 11) is 0. The smallest absolute Gasteiger partial charge is 0.223 e. The molecule has 5 heteroatoms. The minimum absolute atomic E-state index is 0.276. The molecule has 0 aliphatic carbocycles. The fourth-order valence-electron chi connectivity index (χ4n) is 1.89. The van der Waals surface area contributed by atoms with Crippen molar-refractivity contribution in [2.24, 2.45) is 0 Å². The van der Waals surface area contributed by atoms with Gasteiger partial charge in [-0.3, -0.25) is 4.79 Å². The van der Waals surface area contributed by atoms with E-state index in [2.05, 4.69) is 11.1 Å². The average Bonchev–Trinajstić information content (AvgIpc) is 2.92. The number of carbonyl (C=O) groups is 1. The van der Waals surface area contributed by atoms with Gasteiger partial charge in [0.05, 0.1) is 16.1 Å². The van der Waals surface area contributed by atoms with E-state index in [0.29, 0.717) is 6.42 Å². The first-order valence-corrected chi connectivity index (χ1v) is 7.39. The molecule has 88 valence electrons. The SMILES string of the molecule is O=C1CCCN1CSc1nc2ccccc2s1. The molecule has 1 saturated heterocycles. The quantitative estimate of drug-likeness (QED) is 0.799. The Morgan fingerprint density at radius 3 is 3.06 bits per heavy atom. The predicted molar refractivity (Wildman–Crippen MR) is 71.3 cm³/mol. The van der Waals surface area contributed by atoms with E-state index in [-0.39, 0.29) is 5.91 Å². The first kappa shape index (κ1) is 11.0.